The van der Waals surface area contributed by atoms with E-state index in [-0.39, 0.29) is 6.09 Å². The van der Waals surface area contributed by atoms with E-state index >= 15 is 0 Å². The number of hydrogen-bond donors (Lipinski definition) is 1. The summed E-state index contributed by atoms with van der Waals surface area (Å²) in [6, 6.07) is 6.37. The Kier molecular flexibility index (Phi) is 7.61. The largest absolute Gasteiger partial charge is 0.444 e. The van der Waals surface area contributed by atoms with Gasteiger partial charge in [-0.05, 0) is 83.5 Å². The molecule has 1 aromatic heterocycles. The van der Waals surface area contributed by atoms with Crippen LogP contribution in [0.5, 0.6) is 0 Å². The molecule has 2 rings (SSSR count). The highest BCUT2D eigenvalue weighted by Crippen LogP contribution is 2.24. The number of nitrogens with zero attached hydrogens (tertiary/aromatic N) is 3. The average Bonchev–Trinajstić information content (AvgIpc) is 2.64. The molecule has 0 bridgehead atoms. The Balaban J connectivity index is 1.77. The number of pyridine rings is 1. The van der Waals surface area contributed by atoms with Crippen molar-refractivity contribution in [3.63, 3.8) is 0 Å². The quantitative estimate of drug-likeness (QED) is 0.827. The van der Waals surface area contributed by atoms with E-state index in [1.807, 2.05) is 44.9 Å². The van der Waals surface area contributed by atoms with Crippen LogP contribution in [0.25, 0.3) is 0 Å². The van der Waals surface area contributed by atoms with E-state index in [1.54, 1.807) is 6.20 Å². The predicted molar refractivity (Wildman–Crippen MR) is 105 cm³/mol. The molecule has 0 aromatic carbocycles. The summed E-state index contributed by atoms with van der Waals surface area (Å²) in [5.74, 6) is 0.619. The van der Waals surface area contributed by atoms with Gasteiger partial charge in [0.05, 0.1) is 0 Å². The van der Waals surface area contributed by atoms with Crippen molar-refractivity contribution in [1.29, 1.82) is 5.26 Å². The van der Waals surface area contributed by atoms with Crippen molar-refractivity contribution in [2.75, 3.05) is 20.1 Å². The Morgan fingerprint density at radius 1 is 1.44 bits per heavy atom. The number of aromatic nitrogens is 1. The monoisotopic (exact) mass is 372 g/mol. The number of piperidine rings is 1. The summed E-state index contributed by atoms with van der Waals surface area (Å²) in [5, 5.41) is 12.4. The van der Waals surface area contributed by atoms with Gasteiger partial charge in [0.15, 0.2) is 0 Å². The first-order chi connectivity index (χ1) is 12.8. The van der Waals surface area contributed by atoms with Crippen LogP contribution in [-0.4, -0.2) is 47.8 Å². The van der Waals surface area contributed by atoms with Gasteiger partial charge in [0.2, 0.25) is 0 Å². The van der Waals surface area contributed by atoms with Crippen molar-refractivity contribution in [1.82, 2.24) is 15.2 Å². The fourth-order valence-electron chi connectivity index (χ4n) is 3.49. The predicted octanol–water partition coefficient (Wildman–Crippen LogP) is 3.51. The SMILES string of the molecule is CNC(CCc1ccnc(C#N)c1)CC1CCN(C(=O)OC(C)(C)C)CC1. The van der Waals surface area contributed by atoms with Crippen LogP contribution in [-0.2, 0) is 11.2 Å². The van der Waals surface area contributed by atoms with Crippen molar-refractivity contribution in [3.8, 4) is 6.07 Å². The molecule has 0 saturated carbocycles. The third-order valence-corrected chi connectivity index (χ3v) is 5.01. The van der Waals surface area contributed by atoms with Gasteiger partial charge >= 0.3 is 6.09 Å². The maximum absolute atomic E-state index is 12.2. The molecule has 1 aliphatic rings. The van der Waals surface area contributed by atoms with Crippen molar-refractivity contribution >= 4 is 6.09 Å². The molecule has 1 aromatic rings. The fraction of sp³-hybridized carbons (Fsp3) is 0.667. The third kappa shape index (κ3) is 7.18. The number of aryl methyl sites for hydroxylation is 1. The molecular formula is C21H32N4O2. The summed E-state index contributed by atoms with van der Waals surface area (Å²) in [5.41, 5.74) is 1.19. The number of carbonyl (C=O) groups excluding carboxylic acids is 1. The Bertz CT molecular complexity index is 655. The van der Waals surface area contributed by atoms with Gasteiger partial charge < -0.3 is 15.0 Å². The van der Waals surface area contributed by atoms with Crippen LogP contribution in [0.15, 0.2) is 18.3 Å². The average molecular weight is 373 g/mol. The molecule has 6 nitrogen and oxygen atoms in total. The van der Waals surface area contributed by atoms with Crippen molar-refractivity contribution < 1.29 is 9.53 Å². The summed E-state index contributed by atoms with van der Waals surface area (Å²) in [6.45, 7) is 7.24. The second-order valence-electron chi connectivity index (χ2n) is 8.33. The normalized spacial score (nSPS) is 16.6. The van der Waals surface area contributed by atoms with Crippen LogP contribution < -0.4 is 5.32 Å². The zero-order valence-electron chi connectivity index (χ0n) is 17.0. The molecule has 1 atom stereocenters. The number of likely N-dealkylation sites (tertiary alicyclic amines) is 1. The molecule has 1 saturated heterocycles. The van der Waals surface area contributed by atoms with Gasteiger partial charge in [-0.2, -0.15) is 5.26 Å². The second kappa shape index (κ2) is 9.70. The maximum atomic E-state index is 12.2. The zero-order valence-corrected chi connectivity index (χ0v) is 17.0. The van der Waals surface area contributed by atoms with E-state index < -0.39 is 5.60 Å². The van der Waals surface area contributed by atoms with Gasteiger partial charge in [-0.3, -0.25) is 0 Å². The topological polar surface area (TPSA) is 78.3 Å². The smallest absolute Gasteiger partial charge is 0.410 e. The summed E-state index contributed by atoms with van der Waals surface area (Å²) in [4.78, 5) is 18.0. The van der Waals surface area contributed by atoms with Crippen LogP contribution in [0.4, 0.5) is 4.79 Å². The molecule has 27 heavy (non-hydrogen) atoms. The first-order valence-corrected chi connectivity index (χ1v) is 9.81. The zero-order chi connectivity index (χ0) is 19.9. The van der Waals surface area contributed by atoms with Crippen LogP contribution in [0, 0.1) is 17.2 Å². The molecule has 0 spiro atoms. The lowest BCUT2D eigenvalue weighted by Crippen LogP contribution is -2.42. The number of hydrogen-bond acceptors (Lipinski definition) is 5. The van der Waals surface area contributed by atoms with Gasteiger partial charge in [-0.15, -0.1) is 0 Å². The minimum Gasteiger partial charge on any atom is -0.444 e. The second-order valence-corrected chi connectivity index (χ2v) is 8.33. The number of ether oxygens (including phenoxy) is 1. The van der Waals surface area contributed by atoms with Gasteiger partial charge in [0, 0.05) is 25.3 Å². The van der Waals surface area contributed by atoms with E-state index in [1.165, 1.54) is 0 Å². The van der Waals surface area contributed by atoms with Crippen LogP contribution in [0.3, 0.4) is 0 Å². The fourth-order valence-corrected chi connectivity index (χ4v) is 3.49. The maximum Gasteiger partial charge on any atom is 0.410 e. The van der Waals surface area contributed by atoms with E-state index in [4.69, 9.17) is 10.00 Å². The number of carbonyl (C=O) groups is 1. The highest BCUT2D eigenvalue weighted by atomic mass is 16.6. The highest BCUT2D eigenvalue weighted by molar-refractivity contribution is 5.68. The molecule has 0 radical (unpaired) electrons. The Morgan fingerprint density at radius 3 is 2.74 bits per heavy atom. The molecular weight excluding hydrogens is 340 g/mol. The van der Waals surface area contributed by atoms with Crippen LogP contribution in [0.1, 0.15) is 57.7 Å². The molecule has 1 N–H and O–H groups in total. The first kappa shape index (κ1) is 21.2. The van der Waals surface area contributed by atoms with E-state index in [2.05, 4.69) is 16.4 Å². The lowest BCUT2D eigenvalue weighted by molar-refractivity contribution is 0.0178. The van der Waals surface area contributed by atoms with E-state index in [9.17, 15) is 4.79 Å². The Morgan fingerprint density at radius 2 is 2.15 bits per heavy atom. The number of nitriles is 1. The molecule has 1 unspecified atom stereocenters. The molecule has 6 heteroatoms. The molecule has 0 aliphatic carbocycles. The lowest BCUT2D eigenvalue weighted by atomic mass is 9.88. The summed E-state index contributed by atoms with van der Waals surface area (Å²) in [6.07, 6.45) is 6.61. The van der Waals surface area contributed by atoms with Crippen molar-refractivity contribution in [2.45, 2.75) is 64.5 Å². The molecule has 148 valence electrons. The number of rotatable bonds is 6. The van der Waals surface area contributed by atoms with Gasteiger partial charge in [0.25, 0.3) is 0 Å². The minimum atomic E-state index is -0.441. The highest BCUT2D eigenvalue weighted by Gasteiger charge is 2.27. The molecule has 1 amide bonds. The van der Waals surface area contributed by atoms with E-state index in [0.717, 1.165) is 50.8 Å². The summed E-state index contributed by atoms with van der Waals surface area (Å²) >= 11 is 0. The van der Waals surface area contributed by atoms with E-state index in [0.29, 0.717) is 17.7 Å². The van der Waals surface area contributed by atoms with Gasteiger partial charge in [-0.25, -0.2) is 9.78 Å². The standard InChI is InChI=1S/C21H32N4O2/c1-21(2,3)27-20(26)25-11-8-17(9-12-25)13-18(23-4)6-5-16-7-10-24-19(14-16)15-22/h7,10,14,17-18,23H,5-6,8-9,11-13H2,1-4H3. The third-order valence-electron chi connectivity index (χ3n) is 5.01. The summed E-state index contributed by atoms with van der Waals surface area (Å²) in [7, 11) is 2.01. The first-order valence-electron chi connectivity index (χ1n) is 9.81. The van der Waals surface area contributed by atoms with Crippen molar-refractivity contribution in [3.05, 3.63) is 29.6 Å². The Hall–Kier alpha value is -2.13. The molecule has 2 heterocycles. The van der Waals surface area contributed by atoms with Crippen LogP contribution in [0.2, 0.25) is 0 Å². The van der Waals surface area contributed by atoms with Crippen LogP contribution >= 0.6 is 0 Å². The molecule has 1 aliphatic heterocycles. The summed E-state index contributed by atoms with van der Waals surface area (Å²) < 4.78 is 5.47. The van der Waals surface area contributed by atoms with Gasteiger partial charge in [0.1, 0.15) is 17.4 Å². The van der Waals surface area contributed by atoms with Gasteiger partial charge in [-0.1, -0.05) is 0 Å². The van der Waals surface area contributed by atoms with Crippen molar-refractivity contribution in [2.24, 2.45) is 5.92 Å². The molecule has 1 fully saturated rings. The number of amides is 1. The number of nitrogens with one attached hydrogen (secondary N) is 1. The lowest BCUT2D eigenvalue weighted by Gasteiger charge is -2.34. The Labute approximate surface area is 162 Å². The minimum absolute atomic E-state index is 0.197.